The number of hydrogen-bond acceptors (Lipinski definition) is 5. The van der Waals surface area contributed by atoms with E-state index in [0.717, 1.165) is 40.6 Å². The molecule has 6 nitrogen and oxygen atoms in total. The number of amides is 1. The van der Waals surface area contributed by atoms with E-state index in [0.29, 0.717) is 24.0 Å². The Bertz CT molecular complexity index is 1160. The maximum Gasteiger partial charge on any atom is 0.219 e. The lowest BCUT2D eigenvalue weighted by atomic mass is 10.2. The molecule has 6 heteroatoms. The number of nitrogens with one attached hydrogen (secondary N) is 1. The Hall–Kier alpha value is -3.41. The first-order valence-electron chi connectivity index (χ1n) is 9.44. The summed E-state index contributed by atoms with van der Waals surface area (Å²) < 4.78 is 5.96. The first-order valence-corrected chi connectivity index (χ1v) is 9.44. The van der Waals surface area contributed by atoms with Gasteiger partial charge in [-0.05, 0) is 42.7 Å². The van der Waals surface area contributed by atoms with Crippen LogP contribution in [-0.2, 0) is 11.3 Å². The normalized spacial score (nSPS) is 13.8. The van der Waals surface area contributed by atoms with Crippen LogP contribution in [0.5, 0.6) is 0 Å². The number of anilines is 2. The third-order valence-electron chi connectivity index (χ3n) is 5.12. The molecule has 140 valence electrons. The van der Waals surface area contributed by atoms with Crippen molar-refractivity contribution in [1.29, 1.82) is 0 Å². The summed E-state index contributed by atoms with van der Waals surface area (Å²) in [5, 5.41) is 4.30. The molecule has 0 atom stereocenters. The van der Waals surface area contributed by atoms with E-state index in [1.807, 2.05) is 53.4 Å². The van der Waals surface area contributed by atoms with Gasteiger partial charge >= 0.3 is 0 Å². The molecule has 0 spiro atoms. The minimum absolute atomic E-state index is 0.137. The Labute approximate surface area is 162 Å². The fraction of sp³-hybridized carbons (Fsp3) is 0.227. The molecule has 1 aliphatic carbocycles. The fourth-order valence-corrected chi connectivity index (χ4v) is 3.52. The Kier molecular flexibility index (Phi) is 3.97. The van der Waals surface area contributed by atoms with Gasteiger partial charge in [0, 0.05) is 30.6 Å². The molecule has 0 saturated heterocycles. The number of hydrogen-bond donors (Lipinski definition) is 1. The van der Waals surface area contributed by atoms with Gasteiger partial charge < -0.3 is 14.6 Å². The number of aromatic nitrogens is 2. The number of rotatable bonds is 5. The predicted octanol–water partition coefficient (Wildman–Crippen LogP) is 4.63. The summed E-state index contributed by atoms with van der Waals surface area (Å²) in [5.74, 6) is 0.773. The molecule has 28 heavy (non-hydrogen) atoms. The van der Waals surface area contributed by atoms with Gasteiger partial charge in [0.15, 0.2) is 11.4 Å². The zero-order valence-electron chi connectivity index (χ0n) is 15.6. The molecule has 1 amide bonds. The number of para-hydroxylation sites is 1. The van der Waals surface area contributed by atoms with E-state index in [2.05, 4.69) is 15.3 Å². The quantitative estimate of drug-likeness (QED) is 0.553. The van der Waals surface area contributed by atoms with Crippen molar-refractivity contribution in [2.45, 2.75) is 32.4 Å². The van der Waals surface area contributed by atoms with Crippen molar-refractivity contribution in [2.24, 2.45) is 0 Å². The summed E-state index contributed by atoms with van der Waals surface area (Å²) >= 11 is 0. The van der Waals surface area contributed by atoms with E-state index < -0.39 is 0 Å². The van der Waals surface area contributed by atoms with Crippen LogP contribution in [0.2, 0.25) is 0 Å². The number of furan rings is 1. The molecule has 4 aromatic rings. The fourth-order valence-electron chi connectivity index (χ4n) is 3.52. The van der Waals surface area contributed by atoms with Crippen molar-refractivity contribution < 1.29 is 9.21 Å². The van der Waals surface area contributed by atoms with Gasteiger partial charge in [-0.25, -0.2) is 9.97 Å². The van der Waals surface area contributed by atoms with Crippen LogP contribution in [0.4, 0.5) is 11.5 Å². The van der Waals surface area contributed by atoms with Crippen molar-refractivity contribution in [3.05, 3.63) is 60.4 Å². The number of carbonyl (C=O) groups excluding carboxylic acids is 1. The summed E-state index contributed by atoms with van der Waals surface area (Å²) in [4.78, 5) is 22.5. The molecule has 2 heterocycles. The molecule has 2 aromatic carbocycles. The van der Waals surface area contributed by atoms with Gasteiger partial charge in [0.05, 0.1) is 0 Å². The van der Waals surface area contributed by atoms with Gasteiger partial charge in [-0.2, -0.15) is 0 Å². The molecule has 1 saturated carbocycles. The van der Waals surface area contributed by atoms with Crippen LogP contribution >= 0.6 is 0 Å². The van der Waals surface area contributed by atoms with Crippen molar-refractivity contribution in [3.63, 3.8) is 0 Å². The molecule has 0 unspecified atom stereocenters. The van der Waals surface area contributed by atoms with E-state index in [1.165, 1.54) is 0 Å². The molecule has 0 bridgehead atoms. The van der Waals surface area contributed by atoms with Crippen LogP contribution in [0.3, 0.4) is 0 Å². The smallest absolute Gasteiger partial charge is 0.219 e. The van der Waals surface area contributed by atoms with E-state index in [4.69, 9.17) is 4.42 Å². The molecule has 1 N–H and O–H groups in total. The van der Waals surface area contributed by atoms with E-state index in [9.17, 15) is 4.79 Å². The molecule has 1 aliphatic rings. The van der Waals surface area contributed by atoms with Gasteiger partial charge in [0.1, 0.15) is 17.4 Å². The van der Waals surface area contributed by atoms with Crippen molar-refractivity contribution in [2.75, 3.05) is 5.32 Å². The highest BCUT2D eigenvalue weighted by Crippen LogP contribution is 2.32. The first-order chi connectivity index (χ1) is 13.7. The molecule has 2 aromatic heterocycles. The van der Waals surface area contributed by atoms with Gasteiger partial charge in [-0.15, -0.1) is 0 Å². The molecule has 1 fully saturated rings. The Balaban J connectivity index is 1.40. The number of benzene rings is 2. The van der Waals surface area contributed by atoms with Gasteiger partial charge in [-0.3, -0.25) is 4.79 Å². The Morgan fingerprint density at radius 1 is 1.14 bits per heavy atom. The Morgan fingerprint density at radius 2 is 1.93 bits per heavy atom. The monoisotopic (exact) mass is 372 g/mol. The summed E-state index contributed by atoms with van der Waals surface area (Å²) in [6.07, 6.45) is 3.77. The highest BCUT2D eigenvalue weighted by atomic mass is 16.3. The summed E-state index contributed by atoms with van der Waals surface area (Å²) in [5.41, 5.74) is 4.26. The largest absolute Gasteiger partial charge is 0.450 e. The summed E-state index contributed by atoms with van der Waals surface area (Å²) in [6, 6.07) is 16.3. The highest BCUT2D eigenvalue weighted by molar-refractivity contribution is 6.05. The van der Waals surface area contributed by atoms with Crippen LogP contribution in [-0.4, -0.2) is 26.8 Å². The zero-order chi connectivity index (χ0) is 19.1. The van der Waals surface area contributed by atoms with Gasteiger partial charge in [0.2, 0.25) is 5.91 Å². The van der Waals surface area contributed by atoms with Crippen LogP contribution in [0.25, 0.3) is 22.1 Å². The molecular formula is C22H20N4O2. The van der Waals surface area contributed by atoms with Crippen molar-refractivity contribution >= 4 is 39.5 Å². The highest BCUT2D eigenvalue weighted by Gasteiger charge is 2.30. The SMILES string of the molecule is CC(=O)N(Cc1ccc(Nc2ncnc3c2oc2ccccc23)cc1)C1CC1. The van der Waals surface area contributed by atoms with Crippen LogP contribution in [0.15, 0.2) is 59.3 Å². The summed E-state index contributed by atoms with van der Waals surface area (Å²) in [6.45, 7) is 2.30. The third-order valence-corrected chi connectivity index (χ3v) is 5.12. The second-order valence-corrected chi connectivity index (χ2v) is 7.20. The second kappa shape index (κ2) is 6.64. The maximum atomic E-state index is 11.8. The number of nitrogens with zero attached hydrogens (tertiary/aromatic N) is 3. The van der Waals surface area contributed by atoms with Crippen LogP contribution in [0.1, 0.15) is 25.3 Å². The Morgan fingerprint density at radius 3 is 2.68 bits per heavy atom. The van der Waals surface area contributed by atoms with Gasteiger partial charge in [-0.1, -0.05) is 24.3 Å². The van der Waals surface area contributed by atoms with E-state index in [1.54, 1.807) is 13.3 Å². The minimum atomic E-state index is 0.137. The van der Waals surface area contributed by atoms with Crippen molar-refractivity contribution in [1.82, 2.24) is 14.9 Å². The average molecular weight is 372 g/mol. The van der Waals surface area contributed by atoms with E-state index in [-0.39, 0.29) is 5.91 Å². The molecule has 0 aliphatic heterocycles. The first kappa shape index (κ1) is 16.7. The molecule has 5 rings (SSSR count). The number of carbonyl (C=O) groups is 1. The molecule has 0 radical (unpaired) electrons. The average Bonchev–Trinajstić information content (AvgIpc) is 3.47. The predicted molar refractivity (Wildman–Crippen MR) is 108 cm³/mol. The minimum Gasteiger partial charge on any atom is -0.450 e. The summed E-state index contributed by atoms with van der Waals surface area (Å²) in [7, 11) is 0. The lowest BCUT2D eigenvalue weighted by Crippen LogP contribution is -2.30. The van der Waals surface area contributed by atoms with Gasteiger partial charge in [0.25, 0.3) is 0 Å². The third kappa shape index (κ3) is 3.07. The van der Waals surface area contributed by atoms with Crippen molar-refractivity contribution in [3.8, 4) is 0 Å². The second-order valence-electron chi connectivity index (χ2n) is 7.20. The standard InChI is InChI=1S/C22H20N4O2/c1-14(27)26(17-10-11-17)12-15-6-8-16(9-7-15)25-22-21-20(23-13-24-22)18-4-2-3-5-19(18)28-21/h2-9,13,17H,10-12H2,1H3,(H,23,24,25). The van der Waals surface area contributed by atoms with Crippen LogP contribution in [0, 0.1) is 0 Å². The van der Waals surface area contributed by atoms with Crippen LogP contribution < -0.4 is 5.32 Å². The lowest BCUT2D eigenvalue weighted by Gasteiger charge is -2.20. The zero-order valence-corrected chi connectivity index (χ0v) is 15.6. The van der Waals surface area contributed by atoms with E-state index >= 15 is 0 Å². The maximum absolute atomic E-state index is 11.8. The molecular weight excluding hydrogens is 352 g/mol. The number of fused-ring (bicyclic) bond motifs is 3. The topological polar surface area (TPSA) is 71.3 Å². The lowest BCUT2D eigenvalue weighted by molar-refractivity contribution is -0.130.